The number of aromatic nitrogens is 1. The average molecular weight is 686 g/mol. The third-order valence-electron chi connectivity index (χ3n) is 5.95. The molecule has 0 bridgehead atoms. The molecule has 0 amide bonds. The van der Waals surface area contributed by atoms with Gasteiger partial charge in [0.1, 0.15) is 17.4 Å². The fourth-order valence-corrected chi connectivity index (χ4v) is 3.99. The van der Waals surface area contributed by atoms with E-state index >= 15 is 0 Å². The summed E-state index contributed by atoms with van der Waals surface area (Å²) in [6.07, 6.45) is 2.57. The summed E-state index contributed by atoms with van der Waals surface area (Å²) >= 11 is 0. The smallest absolute Gasteiger partial charge is 0.517 e. The second-order valence-corrected chi connectivity index (χ2v) is 8.46. The quantitative estimate of drug-likeness (QED) is 0.226. The van der Waals surface area contributed by atoms with E-state index < -0.39 is 7.12 Å². The zero-order valence-electron chi connectivity index (χ0n) is 22.3. The van der Waals surface area contributed by atoms with E-state index in [1.54, 1.807) is 48.5 Å². The Morgan fingerprint density at radius 1 is 0.829 bits per heavy atom. The number of benzene rings is 3. The first-order chi connectivity index (χ1) is 18.5. The standard InChI is InChI=1S/C15H11BNO2.C13H8BN2O3.CH4.2Rb/c1-16-15-8-7-14(9-11(15)10-18-16)19-13-5-3-12(17-2)4-6-13;1-15-10-2-5-13(16-7-10)19-11-3-4-12-9(6-11)8-18-14(12)17;;;/h3,5-9H,10H2,1H3;2-6,17H,8H2;1H4;;/q2*-1;;2*+1. The van der Waals surface area contributed by atoms with E-state index in [2.05, 4.69) is 26.9 Å². The number of ether oxygens (including phenoxy) is 2. The molecule has 41 heavy (non-hydrogen) atoms. The molecule has 3 heterocycles. The summed E-state index contributed by atoms with van der Waals surface area (Å²) in [6.45, 7) is 16.9. The fourth-order valence-electron chi connectivity index (χ4n) is 3.99. The van der Waals surface area contributed by atoms with Gasteiger partial charge in [0.15, 0.2) is 0 Å². The second kappa shape index (κ2) is 17.3. The van der Waals surface area contributed by atoms with Crippen LogP contribution in [-0.4, -0.2) is 24.0 Å². The molecule has 6 rings (SSSR count). The molecule has 0 fully saturated rings. The van der Waals surface area contributed by atoms with Crippen molar-refractivity contribution in [3.8, 4) is 23.1 Å². The van der Waals surface area contributed by atoms with Gasteiger partial charge in [-0.1, -0.05) is 32.6 Å². The average Bonchev–Trinajstić information content (AvgIpc) is 3.51. The maximum atomic E-state index is 9.51. The maximum Gasteiger partial charge on any atom is 1.00 e. The molecule has 4 aromatic rings. The number of hydrogen-bond acceptors (Lipinski definition) is 6. The Kier molecular flexibility index (Phi) is 15.3. The number of pyridine rings is 1. The minimum absolute atomic E-state index is 0. The SMILES string of the molecule is C.[C-]#[N+]c1[c-]cc(Oc2ccc3c(c2)COB3C)cc1.[C-]#[N+]c1[c-]nc(Oc2ccc3c(c2)COB3O)cc1.[Rb+].[Rb+]. The van der Waals surface area contributed by atoms with Crippen LogP contribution in [0, 0.1) is 25.4 Å². The number of nitrogens with zero attached hydrogens (tertiary/aromatic N) is 3. The summed E-state index contributed by atoms with van der Waals surface area (Å²) in [7, 11) is -0.853. The van der Waals surface area contributed by atoms with Crippen LogP contribution >= 0.6 is 0 Å². The van der Waals surface area contributed by atoms with Crippen LogP contribution in [-0.2, 0) is 22.5 Å². The van der Waals surface area contributed by atoms with Crippen molar-refractivity contribution in [3.63, 3.8) is 0 Å². The Labute approximate surface area is 339 Å². The van der Waals surface area contributed by atoms with E-state index in [0.29, 0.717) is 42.0 Å². The molecule has 0 radical (unpaired) electrons. The minimum atomic E-state index is -0.853. The summed E-state index contributed by atoms with van der Waals surface area (Å²) in [4.78, 5) is 10.4. The van der Waals surface area contributed by atoms with Gasteiger partial charge in [-0.05, 0) is 46.3 Å². The zero-order chi connectivity index (χ0) is 26.5. The van der Waals surface area contributed by atoms with Crippen LogP contribution in [0.4, 0.5) is 11.4 Å². The number of hydrogen-bond donors (Lipinski definition) is 1. The Balaban J connectivity index is 0.000000267. The van der Waals surface area contributed by atoms with E-state index in [-0.39, 0.29) is 131 Å². The summed E-state index contributed by atoms with van der Waals surface area (Å²) in [5, 5.41) is 9.51. The molecule has 8 nitrogen and oxygen atoms in total. The molecule has 192 valence electrons. The van der Waals surface area contributed by atoms with E-state index in [0.717, 1.165) is 16.8 Å². The Morgan fingerprint density at radius 3 is 2.07 bits per heavy atom. The molecule has 0 atom stereocenters. The second-order valence-electron chi connectivity index (χ2n) is 8.46. The van der Waals surface area contributed by atoms with Crippen molar-refractivity contribution in [2.45, 2.75) is 27.5 Å². The van der Waals surface area contributed by atoms with Crippen LogP contribution in [0.1, 0.15) is 18.6 Å². The van der Waals surface area contributed by atoms with Gasteiger partial charge < -0.3 is 28.8 Å². The van der Waals surface area contributed by atoms with Gasteiger partial charge >= 0.3 is 130 Å². The van der Waals surface area contributed by atoms with Gasteiger partial charge in [0.2, 0.25) is 0 Å². The van der Waals surface area contributed by atoms with Crippen LogP contribution in [0.5, 0.6) is 23.1 Å². The molecule has 12 heteroatoms. The van der Waals surface area contributed by atoms with E-state index in [1.165, 1.54) is 11.0 Å². The minimum Gasteiger partial charge on any atom is -0.517 e. The van der Waals surface area contributed by atoms with E-state index in [1.807, 2.05) is 25.0 Å². The molecular formula is C29H23B2N3O5Rb2. The van der Waals surface area contributed by atoms with Crippen molar-refractivity contribution in [2.75, 3.05) is 0 Å². The number of fused-ring (bicyclic) bond motifs is 2. The predicted octanol–water partition coefficient (Wildman–Crippen LogP) is -0.725. The van der Waals surface area contributed by atoms with E-state index in [9.17, 15) is 5.02 Å². The van der Waals surface area contributed by atoms with Crippen LogP contribution in [0.3, 0.4) is 0 Å². The van der Waals surface area contributed by atoms with Gasteiger partial charge in [0, 0.05) is 5.75 Å². The van der Waals surface area contributed by atoms with Crippen molar-refractivity contribution in [2.24, 2.45) is 0 Å². The molecule has 2 aliphatic heterocycles. The molecular weight excluding hydrogens is 663 g/mol. The molecule has 2 aliphatic rings. The molecule has 3 aromatic carbocycles. The van der Waals surface area contributed by atoms with Gasteiger partial charge in [-0.3, -0.25) is 9.69 Å². The Hall–Kier alpha value is -0.990. The summed E-state index contributed by atoms with van der Waals surface area (Å²) in [5.41, 5.74) is 4.89. The number of rotatable bonds is 4. The molecule has 0 spiro atoms. The van der Waals surface area contributed by atoms with Crippen molar-refractivity contribution in [3.05, 3.63) is 113 Å². The topological polar surface area (TPSA) is 78.8 Å². The van der Waals surface area contributed by atoms with Crippen LogP contribution in [0.2, 0.25) is 6.82 Å². The predicted molar refractivity (Wildman–Crippen MR) is 149 cm³/mol. The molecule has 0 unspecified atom stereocenters. The molecule has 0 aliphatic carbocycles. The molecule has 1 aromatic heterocycles. The van der Waals surface area contributed by atoms with Gasteiger partial charge in [0.25, 0.3) is 0 Å². The summed E-state index contributed by atoms with van der Waals surface area (Å²) in [6, 6.07) is 22.5. The van der Waals surface area contributed by atoms with Gasteiger partial charge in [-0.2, -0.15) is 18.2 Å². The molecule has 0 saturated heterocycles. The van der Waals surface area contributed by atoms with Crippen molar-refractivity contribution in [1.82, 2.24) is 4.98 Å². The van der Waals surface area contributed by atoms with Crippen molar-refractivity contribution < 1.29 is 140 Å². The van der Waals surface area contributed by atoms with Crippen molar-refractivity contribution in [1.29, 1.82) is 0 Å². The summed E-state index contributed by atoms with van der Waals surface area (Å²) in [5.74, 6) is 2.43. The van der Waals surface area contributed by atoms with E-state index in [4.69, 9.17) is 31.9 Å². The van der Waals surface area contributed by atoms with Gasteiger partial charge in [-0.25, -0.2) is 0 Å². The maximum absolute atomic E-state index is 9.51. The first-order valence-corrected chi connectivity index (χ1v) is 11.7. The third kappa shape index (κ3) is 9.50. The zero-order valence-corrected chi connectivity index (χ0v) is 32.2. The van der Waals surface area contributed by atoms with Crippen LogP contribution < -0.4 is 137 Å². The Bertz CT molecular complexity index is 1430. The first-order valence-electron chi connectivity index (χ1n) is 11.7. The van der Waals surface area contributed by atoms with Crippen molar-refractivity contribution >= 4 is 36.3 Å². The Morgan fingerprint density at radius 2 is 1.44 bits per heavy atom. The molecule has 1 N–H and O–H groups in total. The van der Waals surface area contributed by atoms with Gasteiger partial charge in [0.05, 0.1) is 37.7 Å². The van der Waals surface area contributed by atoms with Gasteiger partial charge in [-0.15, -0.1) is 18.2 Å². The monoisotopic (exact) mass is 685 g/mol. The van der Waals surface area contributed by atoms with Crippen LogP contribution in [0.25, 0.3) is 9.69 Å². The largest absolute Gasteiger partial charge is 1.00 e. The normalized spacial score (nSPS) is 12.0. The molecule has 0 saturated carbocycles. The first kappa shape index (κ1) is 36.2. The third-order valence-corrected chi connectivity index (χ3v) is 5.95. The van der Waals surface area contributed by atoms with Crippen LogP contribution in [0.15, 0.2) is 66.7 Å². The summed E-state index contributed by atoms with van der Waals surface area (Å²) < 4.78 is 22.0. The fraction of sp³-hybridized carbons (Fsp3) is 0.138.